The molecule has 0 radical (unpaired) electrons. The van der Waals surface area contributed by atoms with Crippen LogP contribution in [0.4, 0.5) is 10.1 Å². The largest absolute Gasteiger partial charge is 0.354 e. The van der Waals surface area contributed by atoms with Gasteiger partial charge in [0.25, 0.3) is 0 Å². The molecule has 0 saturated carbocycles. The van der Waals surface area contributed by atoms with E-state index in [9.17, 15) is 17.6 Å². The zero-order valence-electron chi connectivity index (χ0n) is 17.8. The highest BCUT2D eigenvalue weighted by Crippen LogP contribution is 2.21. The lowest BCUT2D eigenvalue weighted by Crippen LogP contribution is -2.46. The monoisotopic (exact) mass is 428 g/mol. The number of piperidine rings is 1. The van der Waals surface area contributed by atoms with E-state index in [1.165, 1.54) is 44.8 Å². The van der Waals surface area contributed by atoms with Crippen LogP contribution in [0, 0.1) is 17.7 Å². The van der Waals surface area contributed by atoms with Gasteiger partial charge in [-0.15, -0.1) is 0 Å². The molecule has 0 aliphatic carbocycles. The van der Waals surface area contributed by atoms with Gasteiger partial charge in [0, 0.05) is 33.7 Å². The quantitative estimate of drug-likeness (QED) is 0.610. The number of carbonyl (C=O) groups is 1. The number of amides is 1. The van der Waals surface area contributed by atoms with Crippen molar-refractivity contribution >= 4 is 21.8 Å². The van der Waals surface area contributed by atoms with E-state index >= 15 is 0 Å². The lowest BCUT2D eigenvalue weighted by Gasteiger charge is -2.35. The van der Waals surface area contributed by atoms with E-state index in [0.717, 1.165) is 34.7 Å². The Hall–Kier alpha value is -1.71. The van der Waals surface area contributed by atoms with Gasteiger partial charge in [0.05, 0.1) is 5.69 Å². The normalized spacial score (nSPS) is 20.6. The predicted molar refractivity (Wildman–Crippen MR) is 113 cm³/mol. The van der Waals surface area contributed by atoms with Gasteiger partial charge in [0.1, 0.15) is 12.4 Å². The smallest absolute Gasteiger partial charge is 0.304 e. The predicted octanol–water partition coefficient (Wildman–Crippen LogP) is 1.92. The minimum Gasteiger partial charge on any atom is -0.354 e. The Bertz CT molecular complexity index is 760. The molecule has 1 aromatic rings. The maximum absolute atomic E-state index is 13.2. The van der Waals surface area contributed by atoms with E-state index in [1.54, 1.807) is 0 Å². The van der Waals surface area contributed by atoms with Crippen molar-refractivity contribution in [3.05, 3.63) is 30.1 Å². The van der Waals surface area contributed by atoms with Crippen LogP contribution in [0.25, 0.3) is 0 Å². The number of hydrogen-bond acceptors (Lipinski definition) is 4. The molecule has 0 spiro atoms. The molecule has 2 unspecified atom stereocenters. The molecular weight excluding hydrogens is 395 g/mol. The molecule has 7 nitrogen and oxygen atoms in total. The number of halogens is 1. The summed E-state index contributed by atoms with van der Waals surface area (Å²) >= 11 is 0. The highest BCUT2D eigenvalue weighted by atomic mass is 32.2. The highest BCUT2D eigenvalue weighted by molar-refractivity contribution is 7.90. The van der Waals surface area contributed by atoms with Crippen LogP contribution < -0.4 is 9.62 Å². The van der Waals surface area contributed by atoms with Gasteiger partial charge in [0.2, 0.25) is 5.91 Å². The molecule has 1 N–H and O–H groups in total. The van der Waals surface area contributed by atoms with Gasteiger partial charge in [-0.2, -0.15) is 12.7 Å². The third-order valence-electron chi connectivity index (χ3n) is 5.06. The Morgan fingerprint density at radius 3 is 2.31 bits per heavy atom. The number of anilines is 1. The van der Waals surface area contributed by atoms with Crippen molar-refractivity contribution in [2.24, 2.45) is 11.8 Å². The van der Waals surface area contributed by atoms with Crippen LogP contribution in [0.5, 0.6) is 0 Å². The first-order valence-corrected chi connectivity index (χ1v) is 11.4. The van der Waals surface area contributed by atoms with Crippen molar-refractivity contribution in [2.75, 3.05) is 51.1 Å². The summed E-state index contributed by atoms with van der Waals surface area (Å²) in [6.45, 7) is 7.72. The Morgan fingerprint density at radius 2 is 1.76 bits per heavy atom. The van der Waals surface area contributed by atoms with Gasteiger partial charge in [-0.05, 0) is 55.5 Å². The summed E-state index contributed by atoms with van der Waals surface area (Å²) in [7, 11) is -1.10. The van der Waals surface area contributed by atoms with E-state index in [4.69, 9.17) is 0 Å². The molecule has 1 aromatic carbocycles. The van der Waals surface area contributed by atoms with Crippen molar-refractivity contribution in [1.29, 1.82) is 0 Å². The third kappa shape index (κ3) is 6.94. The summed E-state index contributed by atoms with van der Waals surface area (Å²) in [5.74, 6) is 0.518. The molecule has 2 atom stereocenters. The number of benzene rings is 1. The second-order valence-electron chi connectivity index (χ2n) is 8.18. The van der Waals surface area contributed by atoms with Crippen molar-refractivity contribution in [1.82, 2.24) is 14.5 Å². The lowest BCUT2D eigenvalue weighted by molar-refractivity contribution is -0.119. The van der Waals surface area contributed by atoms with Gasteiger partial charge in [-0.3, -0.25) is 4.79 Å². The van der Waals surface area contributed by atoms with Crippen molar-refractivity contribution in [3.8, 4) is 0 Å². The zero-order valence-corrected chi connectivity index (χ0v) is 18.6. The van der Waals surface area contributed by atoms with Crippen LogP contribution in [0.3, 0.4) is 0 Å². The average Bonchev–Trinajstić information content (AvgIpc) is 2.63. The Balaban J connectivity index is 1.90. The molecule has 164 valence electrons. The summed E-state index contributed by atoms with van der Waals surface area (Å²) in [5, 5.41) is 2.80. The van der Waals surface area contributed by atoms with E-state index in [2.05, 4.69) is 24.1 Å². The molecule has 0 bridgehead atoms. The molecule has 0 aromatic heterocycles. The summed E-state index contributed by atoms with van der Waals surface area (Å²) in [6, 6.07) is 5.04. The van der Waals surface area contributed by atoms with Gasteiger partial charge >= 0.3 is 10.2 Å². The first-order valence-electron chi connectivity index (χ1n) is 10.0. The van der Waals surface area contributed by atoms with E-state index in [-0.39, 0.29) is 18.1 Å². The summed E-state index contributed by atoms with van der Waals surface area (Å²) in [6.07, 6.45) is 2.06. The fraction of sp³-hybridized carbons (Fsp3) is 0.650. The molecule has 1 saturated heterocycles. The van der Waals surface area contributed by atoms with Gasteiger partial charge in [-0.25, -0.2) is 8.70 Å². The maximum Gasteiger partial charge on any atom is 0.304 e. The molecule has 2 rings (SSSR count). The second-order valence-corrected chi connectivity index (χ2v) is 10.2. The van der Waals surface area contributed by atoms with E-state index in [1.807, 2.05) is 0 Å². The Kier molecular flexibility index (Phi) is 8.42. The highest BCUT2D eigenvalue weighted by Gasteiger charge is 2.27. The van der Waals surface area contributed by atoms with Crippen LogP contribution in [0.2, 0.25) is 0 Å². The van der Waals surface area contributed by atoms with Gasteiger partial charge in [-0.1, -0.05) is 13.8 Å². The van der Waals surface area contributed by atoms with E-state index in [0.29, 0.717) is 18.4 Å². The van der Waals surface area contributed by atoms with Crippen LogP contribution in [0.1, 0.15) is 26.7 Å². The van der Waals surface area contributed by atoms with Crippen LogP contribution in [0.15, 0.2) is 24.3 Å². The first-order chi connectivity index (χ1) is 13.6. The fourth-order valence-electron chi connectivity index (χ4n) is 3.80. The molecular formula is C20H33FN4O3S. The molecule has 9 heteroatoms. The van der Waals surface area contributed by atoms with Crippen LogP contribution >= 0.6 is 0 Å². The SMILES string of the molecule is CC1CC(C)CN(CCCNC(=O)CN(c2ccc(F)cc2)S(=O)(=O)N(C)C)C1. The van der Waals surface area contributed by atoms with Crippen molar-refractivity contribution in [2.45, 2.75) is 26.7 Å². The fourth-order valence-corrected chi connectivity index (χ4v) is 4.86. The summed E-state index contributed by atoms with van der Waals surface area (Å²) in [5.41, 5.74) is 0.242. The van der Waals surface area contributed by atoms with Crippen molar-refractivity contribution in [3.63, 3.8) is 0 Å². The van der Waals surface area contributed by atoms with E-state index < -0.39 is 16.0 Å². The first kappa shape index (κ1) is 23.6. The third-order valence-corrected chi connectivity index (χ3v) is 6.88. The minimum atomic E-state index is -3.88. The maximum atomic E-state index is 13.2. The lowest BCUT2D eigenvalue weighted by atomic mass is 9.92. The Labute approximate surface area is 174 Å². The zero-order chi connectivity index (χ0) is 21.6. The standard InChI is InChI=1S/C20H33FN4O3S/c1-16-12-17(2)14-24(13-16)11-5-10-22-20(26)15-25(29(27,28)23(3)4)19-8-6-18(21)7-9-19/h6-9,16-17H,5,10-15H2,1-4H3,(H,22,26). The second kappa shape index (κ2) is 10.4. The van der Waals surface area contributed by atoms with Gasteiger partial charge in [0.15, 0.2) is 0 Å². The van der Waals surface area contributed by atoms with Gasteiger partial charge < -0.3 is 10.2 Å². The number of likely N-dealkylation sites (tertiary alicyclic amines) is 1. The molecule has 1 aliphatic rings. The number of rotatable bonds is 9. The number of carbonyl (C=O) groups excluding carboxylic acids is 1. The molecule has 1 heterocycles. The van der Waals surface area contributed by atoms with Crippen LogP contribution in [-0.2, 0) is 15.0 Å². The minimum absolute atomic E-state index is 0.242. The topological polar surface area (TPSA) is 73.0 Å². The van der Waals surface area contributed by atoms with Crippen LogP contribution in [-0.4, -0.2) is 70.3 Å². The summed E-state index contributed by atoms with van der Waals surface area (Å²) in [4.78, 5) is 14.8. The number of hydrogen-bond donors (Lipinski definition) is 1. The molecule has 1 aliphatic heterocycles. The Morgan fingerprint density at radius 1 is 1.17 bits per heavy atom. The summed E-state index contributed by atoms with van der Waals surface area (Å²) < 4.78 is 40.5. The van der Waals surface area contributed by atoms with Crippen molar-refractivity contribution < 1.29 is 17.6 Å². The molecule has 1 fully saturated rings. The number of nitrogens with zero attached hydrogens (tertiary/aromatic N) is 3. The average molecular weight is 429 g/mol. The molecule has 29 heavy (non-hydrogen) atoms. The molecule has 1 amide bonds. The number of nitrogens with one attached hydrogen (secondary N) is 1.